The Bertz CT molecular complexity index is 557. The van der Waals surface area contributed by atoms with Gasteiger partial charge in [-0.1, -0.05) is 39.3 Å². The van der Waals surface area contributed by atoms with Crippen molar-refractivity contribution in [1.29, 1.82) is 0 Å². The van der Waals surface area contributed by atoms with Gasteiger partial charge in [-0.15, -0.1) is 0 Å². The number of ether oxygens (including phenoxy) is 1. The molecule has 0 aliphatic heterocycles. The molecule has 3 nitrogen and oxygen atoms in total. The molecule has 134 valence electrons. The Hall–Kier alpha value is -1.29. The predicted molar refractivity (Wildman–Crippen MR) is 101 cm³/mol. The van der Waals surface area contributed by atoms with Crippen molar-refractivity contribution in [3.8, 4) is 5.75 Å². The summed E-state index contributed by atoms with van der Waals surface area (Å²) in [7, 11) is -1.81. The van der Waals surface area contributed by atoms with Crippen LogP contribution in [0.4, 0.5) is 0 Å². The van der Waals surface area contributed by atoms with Gasteiger partial charge in [0.25, 0.3) is 0 Å². The average Bonchev–Trinajstić information content (AvgIpc) is 2.46. The number of hydrogen-bond acceptors (Lipinski definition) is 3. The van der Waals surface area contributed by atoms with Crippen LogP contribution in [0.5, 0.6) is 5.75 Å². The molecule has 0 aromatic heterocycles. The third-order valence-electron chi connectivity index (χ3n) is 5.51. The van der Waals surface area contributed by atoms with E-state index in [0.717, 1.165) is 25.0 Å². The molecule has 1 aliphatic rings. The molecule has 0 heterocycles. The van der Waals surface area contributed by atoms with Crippen LogP contribution >= 0.6 is 0 Å². The van der Waals surface area contributed by atoms with Crippen LogP contribution in [0.15, 0.2) is 24.3 Å². The predicted octanol–water partition coefficient (Wildman–Crippen LogP) is 5.66. The van der Waals surface area contributed by atoms with Crippen molar-refractivity contribution in [3.63, 3.8) is 0 Å². The maximum Gasteiger partial charge on any atom is 0.302 e. The first-order chi connectivity index (χ1) is 11.1. The monoisotopic (exact) mass is 348 g/mol. The molecular formula is C20H32O3Si. The second kappa shape index (κ2) is 7.30. The molecule has 0 spiro atoms. The largest absolute Gasteiger partial charge is 0.544 e. The Balaban J connectivity index is 2.12. The smallest absolute Gasteiger partial charge is 0.302 e. The van der Waals surface area contributed by atoms with Gasteiger partial charge in [0.1, 0.15) is 11.9 Å². The van der Waals surface area contributed by atoms with Crippen LogP contribution in [-0.2, 0) is 9.53 Å². The number of benzene rings is 1. The van der Waals surface area contributed by atoms with E-state index < -0.39 is 8.32 Å². The van der Waals surface area contributed by atoms with Crippen LogP contribution in [0.25, 0.3) is 0 Å². The summed E-state index contributed by atoms with van der Waals surface area (Å²) in [6, 6.07) is 8.45. The number of rotatable bonds is 4. The SMILES string of the molecule is CC(=O)OC1CCCCC1c1ccc(O[Si](C)(C)C(C)(C)C)cc1. The van der Waals surface area contributed by atoms with Gasteiger partial charge < -0.3 is 9.16 Å². The maximum atomic E-state index is 11.4. The van der Waals surface area contributed by atoms with E-state index in [2.05, 4.69) is 58.1 Å². The second-order valence-corrected chi connectivity index (χ2v) is 13.2. The summed E-state index contributed by atoms with van der Waals surface area (Å²) < 4.78 is 11.9. The number of carbonyl (C=O) groups is 1. The van der Waals surface area contributed by atoms with Gasteiger partial charge in [0.2, 0.25) is 8.32 Å². The Morgan fingerprint density at radius 1 is 1.08 bits per heavy atom. The molecule has 1 saturated carbocycles. The number of carbonyl (C=O) groups excluding carboxylic acids is 1. The van der Waals surface area contributed by atoms with Gasteiger partial charge in [0, 0.05) is 12.8 Å². The standard InChI is InChI=1S/C20H32O3Si/c1-15(21)22-19-10-8-7-9-18(19)16-11-13-17(14-12-16)23-24(5,6)20(2,3)4/h11-14,18-19H,7-10H2,1-6H3. The summed E-state index contributed by atoms with van der Waals surface area (Å²) in [5.74, 6) is 1.08. The van der Waals surface area contributed by atoms with Crippen molar-refractivity contribution in [3.05, 3.63) is 29.8 Å². The average molecular weight is 349 g/mol. The molecule has 1 aliphatic carbocycles. The van der Waals surface area contributed by atoms with Crippen molar-refractivity contribution in [2.75, 3.05) is 0 Å². The Labute approximate surface area is 147 Å². The van der Waals surface area contributed by atoms with Gasteiger partial charge >= 0.3 is 5.97 Å². The molecule has 0 N–H and O–H groups in total. The number of hydrogen-bond donors (Lipinski definition) is 0. The lowest BCUT2D eigenvalue weighted by atomic mass is 9.81. The zero-order chi connectivity index (χ0) is 18.0. The van der Waals surface area contributed by atoms with E-state index in [1.165, 1.54) is 18.9 Å². The Kier molecular flexibility index (Phi) is 5.79. The van der Waals surface area contributed by atoms with Crippen LogP contribution in [0.2, 0.25) is 18.1 Å². The van der Waals surface area contributed by atoms with Gasteiger partial charge in [-0.3, -0.25) is 4.79 Å². The molecule has 0 bridgehead atoms. The summed E-state index contributed by atoms with van der Waals surface area (Å²) in [6.45, 7) is 12.8. The number of esters is 1. The summed E-state index contributed by atoms with van der Waals surface area (Å²) >= 11 is 0. The van der Waals surface area contributed by atoms with Crippen LogP contribution in [0, 0.1) is 0 Å². The zero-order valence-corrected chi connectivity index (χ0v) is 17.0. The lowest BCUT2D eigenvalue weighted by Gasteiger charge is -2.36. The fraction of sp³-hybridized carbons (Fsp3) is 0.650. The first-order valence-corrected chi connectivity index (χ1v) is 12.0. The summed E-state index contributed by atoms with van der Waals surface area (Å²) in [6.07, 6.45) is 4.40. The summed E-state index contributed by atoms with van der Waals surface area (Å²) in [5.41, 5.74) is 1.25. The third-order valence-corrected chi connectivity index (χ3v) is 9.87. The lowest BCUT2D eigenvalue weighted by Crippen LogP contribution is -2.43. The van der Waals surface area contributed by atoms with Gasteiger partial charge in [0.15, 0.2) is 0 Å². The van der Waals surface area contributed by atoms with E-state index in [-0.39, 0.29) is 17.1 Å². The highest BCUT2D eigenvalue weighted by Crippen LogP contribution is 2.39. The zero-order valence-electron chi connectivity index (χ0n) is 16.0. The molecule has 1 fully saturated rings. The van der Waals surface area contributed by atoms with Crippen LogP contribution in [0.3, 0.4) is 0 Å². The molecule has 0 amide bonds. The first-order valence-electron chi connectivity index (χ1n) is 9.06. The fourth-order valence-electron chi connectivity index (χ4n) is 3.06. The van der Waals surface area contributed by atoms with Crippen LogP contribution in [-0.4, -0.2) is 20.4 Å². The first kappa shape index (κ1) is 19.0. The van der Waals surface area contributed by atoms with Crippen LogP contribution in [0.1, 0.15) is 64.9 Å². The molecule has 24 heavy (non-hydrogen) atoms. The molecule has 4 heteroatoms. The summed E-state index contributed by atoms with van der Waals surface area (Å²) in [4.78, 5) is 11.4. The molecule has 2 rings (SSSR count). The minimum absolute atomic E-state index is 0.0170. The minimum Gasteiger partial charge on any atom is -0.544 e. The van der Waals surface area contributed by atoms with E-state index in [1.807, 2.05) is 0 Å². The molecule has 1 aromatic rings. The van der Waals surface area contributed by atoms with Gasteiger partial charge in [0.05, 0.1) is 0 Å². The van der Waals surface area contributed by atoms with Gasteiger partial charge in [-0.25, -0.2) is 0 Å². The van der Waals surface area contributed by atoms with Crippen molar-refractivity contribution in [2.45, 2.75) is 83.5 Å². The molecular weight excluding hydrogens is 316 g/mol. The molecule has 1 aromatic carbocycles. The molecule has 0 radical (unpaired) electrons. The quantitative estimate of drug-likeness (QED) is 0.520. The van der Waals surface area contributed by atoms with Crippen molar-refractivity contribution >= 4 is 14.3 Å². The Morgan fingerprint density at radius 3 is 2.21 bits per heavy atom. The van der Waals surface area contributed by atoms with E-state index in [4.69, 9.17) is 9.16 Å². The topological polar surface area (TPSA) is 35.5 Å². The lowest BCUT2D eigenvalue weighted by molar-refractivity contribution is -0.148. The normalized spacial score (nSPS) is 22.1. The van der Waals surface area contributed by atoms with E-state index in [1.54, 1.807) is 0 Å². The van der Waals surface area contributed by atoms with Crippen LogP contribution < -0.4 is 4.43 Å². The van der Waals surface area contributed by atoms with E-state index >= 15 is 0 Å². The molecule has 0 saturated heterocycles. The molecule has 2 unspecified atom stereocenters. The highest BCUT2D eigenvalue weighted by molar-refractivity contribution is 6.74. The summed E-state index contributed by atoms with van der Waals surface area (Å²) in [5, 5.41) is 0.190. The van der Waals surface area contributed by atoms with Crippen molar-refractivity contribution in [2.24, 2.45) is 0 Å². The molecule has 2 atom stereocenters. The highest BCUT2D eigenvalue weighted by Gasteiger charge is 2.39. The van der Waals surface area contributed by atoms with E-state index in [0.29, 0.717) is 5.92 Å². The minimum atomic E-state index is -1.81. The van der Waals surface area contributed by atoms with Crippen molar-refractivity contribution < 1.29 is 14.0 Å². The fourth-order valence-corrected chi connectivity index (χ4v) is 4.09. The van der Waals surface area contributed by atoms with Gasteiger partial charge in [-0.05, 0) is 55.1 Å². The van der Waals surface area contributed by atoms with Gasteiger partial charge in [-0.2, -0.15) is 0 Å². The van der Waals surface area contributed by atoms with E-state index in [9.17, 15) is 4.79 Å². The maximum absolute atomic E-state index is 11.4. The third kappa shape index (κ3) is 4.62. The second-order valence-electron chi connectivity index (χ2n) is 8.47. The van der Waals surface area contributed by atoms with Crippen molar-refractivity contribution in [1.82, 2.24) is 0 Å². The Morgan fingerprint density at radius 2 is 1.67 bits per heavy atom. The highest BCUT2D eigenvalue weighted by atomic mass is 28.4.